The standard InChI is InChI=1S/C6H10N2O/c1-5(2)8-3-6(9)7-4-8/h3-5,9H,1-2H3. The van der Waals surface area contributed by atoms with Crippen LogP contribution < -0.4 is 0 Å². The molecule has 3 heteroatoms. The van der Waals surface area contributed by atoms with Crippen LogP contribution in [0.3, 0.4) is 0 Å². The summed E-state index contributed by atoms with van der Waals surface area (Å²) in [5.41, 5.74) is 0. The van der Waals surface area contributed by atoms with Gasteiger partial charge in [0.1, 0.15) is 0 Å². The fraction of sp³-hybridized carbons (Fsp3) is 0.500. The predicted octanol–water partition coefficient (Wildman–Crippen LogP) is 1.17. The normalized spacial score (nSPS) is 10.6. The van der Waals surface area contributed by atoms with Crippen LogP contribution in [0, 0.1) is 0 Å². The molecule has 0 aromatic carbocycles. The van der Waals surface area contributed by atoms with Crippen molar-refractivity contribution in [3.8, 4) is 5.88 Å². The van der Waals surface area contributed by atoms with Gasteiger partial charge in [0, 0.05) is 6.04 Å². The van der Waals surface area contributed by atoms with Crippen LogP contribution in [-0.2, 0) is 0 Å². The lowest BCUT2D eigenvalue weighted by molar-refractivity contribution is 0.454. The van der Waals surface area contributed by atoms with E-state index in [9.17, 15) is 0 Å². The Kier molecular flexibility index (Phi) is 1.42. The van der Waals surface area contributed by atoms with E-state index in [0.717, 1.165) is 0 Å². The Morgan fingerprint density at radius 2 is 2.33 bits per heavy atom. The van der Waals surface area contributed by atoms with Crippen LogP contribution >= 0.6 is 0 Å². The largest absolute Gasteiger partial charge is 0.492 e. The monoisotopic (exact) mass is 126 g/mol. The zero-order chi connectivity index (χ0) is 6.85. The molecule has 0 radical (unpaired) electrons. The van der Waals surface area contributed by atoms with Gasteiger partial charge < -0.3 is 9.67 Å². The van der Waals surface area contributed by atoms with Crippen molar-refractivity contribution >= 4 is 0 Å². The van der Waals surface area contributed by atoms with Crippen molar-refractivity contribution in [2.45, 2.75) is 19.9 Å². The van der Waals surface area contributed by atoms with Crippen LogP contribution in [0.2, 0.25) is 0 Å². The maximum absolute atomic E-state index is 8.77. The summed E-state index contributed by atoms with van der Waals surface area (Å²) in [4.78, 5) is 3.66. The summed E-state index contributed by atoms with van der Waals surface area (Å²) in [6.07, 6.45) is 3.21. The molecule has 3 nitrogen and oxygen atoms in total. The number of hydrogen-bond acceptors (Lipinski definition) is 2. The summed E-state index contributed by atoms with van der Waals surface area (Å²) in [5, 5.41) is 8.77. The van der Waals surface area contributed by atoms with Crippen molar-refractivity contribution in [2.75, 3.05) is 0 Å². The van der Waals surface area contributed by atoms with Crippen LogP contribution in [0.1, 0.15) is 19.9 Å². The van der Waals surface area contributed by atoms with Gasteiger partial charge in [-0.2, -0.15) is 0 Å². The minimum absolute atomic E-state index is 0.0868. The molecule has 0 aliphatic heterocycles. The second kappa shape index (κ2) is 2.09. The molecule has 0 saturated heterocycles. The topological polar surface area (TPSA) is 38.0 Å². The molecular formula is C6H10N2O. The molecule has 0 aliphatic carbocycles. The number of rotatable bonds is 1. The van der Waals surface area contributed by atoms with Crippen LogP contribution in [0.4, 0.5) is 0 Å². The van der Waals surface area contributed by atoms with Crippen LogP contribution in [0.5, 0.6) is 5.88 Å². The third kappa shape index (κ3) is 1.22. The summed E-state index contributed by atoms with van der Waals surface area (Å²) >= 11 is 0. The molecule has 0 aliphatic rings. The van der Waals surface area contributed by atoms with Crippen molar-refractivity contribution in [3.63, 3.8) is 0 Å². The average Bonchev–Trinajstić information content (AvgIpc) is 2.14. The maximum atomic E-state index is 8.77. The number of hydrogen-bond donors (Lipinski definition) is 1. The molecule has 1 heterocycles. The SMILES string of the molecule is CC(C)n1cnc(O)c1. The molecular weight excluding hydrogens is 116 g/mol. The summed E-state index contributed by atoms with van der Waals surface area (Å²) in [5.74, 6) is 0.0868. The van der Waals surface area contributed by atoms with Crippen molar-refractivity contribution in [1.82, 2.24) is 9.55 Å². The number of imidazole rings is 1. The Bertz CT molecular complexity index is 193. The van der Waals surface area contributed by atoms with E-state index < -0.39 is 0 Å². The van der Waals surface area contributed by atoms with Gasteiger partial charge in [-0.1, -0.05) is 0 Å². The van der Waals surface area contributed by atoms with Gasteiger partial charge in [0.15, 0.2) is 0 Å². The van der Waals surface area contributed by atoms with Crippen molar-refractivity contribution in [3.05, 3.63) is 12.5 Å². The molecule has 1 aromatic heterocycles. The van der Waals surface area contributed by atoms with Crippen molar-refractivity contribution in [1.29, 1.82) is 0 Å². The first-order chi connectivity index (χ1) is 4.20. The molecule has 0 amide bonds. The van der Waals surface area contributed by atoms with E-state index in [0.29, 0.717) is 6.04 Å². The van der Waals surface area contributed by atoms with E-state index in [4.69, 9.17) is 5.11 Å². The number of aromatic hydroxyl groups is 1. The number of aromatic nitrogens is 2. The van der Waals surface area contributed by atoms with E-state index in [1.165, 1.54) is 0 Å². The predicted molar refractivity (Wildman–Crippen MR) is 34.3 cm³/mol. The second-order valence-electron chi connectivity index (χ2n) is 2.27. The highest BCUT2D eigenvalue weighted by Crippen LogP contribution is 2.08. The van der Waals surface area contributed by atoms with Gasteiger partial charge >= 0.3 is 0 Å². The summed E-state index contributed by atoms with van der Waals surface area (Å²) < 4.78 is 1.84. The maximum Gasteiger partial charge on any atom is 0.229 e. The van der Waals surface area contributed by atoms with E-state index in [1.807, 2.05) is 18.4 Å². The molecule has 0 fully saturated rings. The Balaban J connectivity index is 2.85. The third-order valence-electron chi connectivity index (χ3n) is 1.18. The first-order valence-corrected chi connectivity index (χ1v) is 2.92. The second-order valence-corrected chi connectivity index (χ2v) is 2.27. The van der Waals surface area contributed by atoms with Gasteiger partial charge in [-0.3, -0.25) is 0 Å². The molecule has 1 aromatic rings. The first-order valence-electron chi connectivity index (χ1n) is 2.92. The van der Waals surface area contributed by atoms with Gasteiger partial charge in [-0.05, 0) is 13.8 Å². The van der Waals surface area contributed by atoms with Crippen LogP contribution in [0.15, 0.2) is 12.5 Å². The fourth-order valence-corrected chi connectivity index (χ4v) is 0.608. The van der Waals surface area contributed by atoms with E-state index >= 15 is 0 Å². The van der Waals surface area contributed by atoms with E-state index in [1.54, 1.807) is 12.5 Å². The minimum atomic E-state index is 0.0868. The third-order valence-corrected chi connectivity index (χ3v) is 1.18. The lowest BCUT2D eigenvalue weighted by Crippen LogP contribution is -1.95. The molecule has 0 atom stereocenters. The van der Waals surface area contributed by atoms with Crippen molar-refractivity contribution in [2.24, 2.45) is 0 Å². The molecule has 1 rings (SSSR count). The Hall–Kier alpha value is -0.990. The Labute approximate surface area is 54.0 Å². The fourth-order valence-electron chi connectivity index (χ4n) is 0.608. The lowest BCUT2D eigenvalue weighted by Gasteiger charge is -2.02. The van der Waals surface area contributed by atoms with E-state index in [2.05, 4.69) is 4.98 Å². The highest BCUT2D eigenvalue weighted by molar-refractivity contribution is 5.00. The average molecular weight is 126 g/mol. The van der Waals surface area contributed by atoms with Gasteiger partial charge in [0.05, 0.1) is 12.5 Å². The van der Waals surface area contributed by atoms with Gasteiger partial charge in [-0.25, -0.2) is 4.98 Å². The molecule has 50 valence electrons. The highest BCUT2D eigenvalue weighted by atomic mass is 16.3. The van der Waals surface area contributed by atoms with Gasteiger partial charge in [-0.15, -0.1) is 0 Å². The molecule has 0 bridgehead atoms. The highest BCUT2D eigenvalue weighted by Gasteiger charge is 1.97. The Morgan fingerprint density at radius 1 is 1.67 bits per heavy atom. The summed E-state index contributed by atoms with van der Waals surface area (Å²) in [6, 6.07) is 0.374. The van der Waals surface area contributed by atoms with Crippen molar-refractivity contribution < 1.29 is 5.11 Å². The zero-order valence-electron chi connectivity index (χ0n) is 5.57. The van der Waals surface area contributed by atoms with E-state index in [-0.39, 0.29) is 5.88 Å². The van der Waals surface area contributed by atoms with Gasteiger partial charge in [0.2, 0.25) is 5.88 Å². The Morgan fingerprint density at radius 3 is 2.56 bits per heavy atom. The minimum Gasteiger partial charge on any atom is -0.492 e. The number of nitrogens with zero attached hydrogens (tertiary/aromatic N) is 2. The summed E-state index contributed by atoms with van der Waals surface area (Å²) in [6.45, 7) is 4.06. The van der Waals surface area contributed by atoms with Crippen LogP contribution in [0.25, 0.3) is 0 Å². The van der Waals surface area contributed by atoms with Gasteiger partial charge in [0.25, 0.3) is 0 Å². The quantitative estimate of drug-likeness (QED) is 0.613. The zero-order valence-corrected chi connectivity index (χ0v) is 5.57. The molecule has 0 spiro atoms. The first kappa shape index (κ1) is 6.13. The molecule has 0 saturated carbocycles. The lowest BCUT2D eigenvalue weighted by atomic mass is 10.4. The molecule has 1 N–H and O–H groups in total. The van der Waals surface area contributed by atoms with Crippen LogP contribution in [-0.4, -0.2) is 14.7 Å². The smallest absolute Gasteiger partial charge is 0.229 e. The summed E-state index contributed by atoms with van der Waals surface area (Å²) in [7, 11) is 0. The molecule has 9 heavy (non-hydrogen) atoms. The molecule has 0 unspecified atom stereocenters.